The number of ketones is 1. The molecule has 2 aromatic rings. The first-order valence-electron chi connectivity index (χ1n) is 6.09. The van der Waals surface area contributed by atoms with Gasteiger partial charge in [-0.3, -0.25) is 4.79 Å². The summed E-state index contributed by atoms with van der Waals surface area (Å²) in [4.78, 5) is 12.5. The third-order valence-corrected chi connectivity index (χ3v) is 3.30. The van der Waals surface area contributed by atoms with Crippen LogP contribution in [0.2, 0.25) is 5.02 Å². The summed E-state index contributed by atoms with van der Waals surface area (Å²) in [7, 11) is 3.12. The van der Waals surface area contributed by atoms with Crippen molar-refractivity contribution in [3.05, 3.63) is 58.1 Å². The molecular formula is C16H15ClO3. The minimum absolute atomic E-state index is 0.107. The van der Waals surface area contributed by atoms with Crippen molar-refractivity contribution in [3.63, 3.8) is 0 Å². The quantitative estimate of drug-likeness (QED) is 0.801. The molecule has 0 unspecified atom stereocenters. The first-order valence-corrected chi connectivity index (χ1v) is 6.47. The smallest absolute Gasteiger partial charge is 0.196 e. The van der Waals surface area contributed by atoms with Crippen molar-refractivity contribution in [2.24, 2.45) is 0 Å². The molecule has 3 nitrogen and oxygen atoms in total. The summed E-state index contributed by atoms with van der Waals surface area (Å²) < 4.78 is 10.4. The van der Waals surface area contributed by atoms with E-state index in [0.717, 1.165) is 11.3 Å². The first kappa shape index (κ1) is 14.4. The lowest BCUT2D eigenvalue weighted by molar-refractivity contribution is 0.103. The molecule has 0 heterocycles. The number of hydrogen-bond donors (Lipinski definition) is 0. The molecule has 0 saturated heterocycles. The molecule has 2 rings (SSSR count). The van der Waals surface area contributed by atoms with Crippen LogP contribution in [0.5, 0.6) is 11.5 Å². The number of ether oxygens (including phenoxy) is 2. The van der Waals surface area contributed by atoms with Crippen molar-refractivity contribution >= 4 is 17.4 Å². The minimum Gasteiger partial charge on any atom is -0.496 e. The molecule has 0 aromatic heterocycles. The van der Waals surface area contributed by atoms with Gasteiger partial charge in [0.2, 0.25) is 0 Å². The molecule has 0 bridgehead atoms. The second kappa shape index (κ2) is 5.97. The molecule has 0 aliphatic carbocycles. The Bertz CT molecular complexity index is 650. The van der Waals surface area contributed by atoms with Crippen LogP contribution in [0.25, 0.3) is 0 Å². The van der Waals surface area contributed by atoms with Gasteiger partial charge in [-0.1, -0.05) is 11.6 Å². The number of methoxy groups -OCH3 is 2. The van der Waals surface area contributed by atoms with Crippen LogP contribution in [-0.2, 0) is 0 Å². The number of rotatable bonds is 4. The van der Waals surface area contributed by atoms with Gasteiger partial charge in [0.05, 0.1) is 19.8 Å². The van der Waals surface area contributed by atoms with E-state index in [2.05, 4.69) is 0 Å². The molecule has 20 heavy (non-hydrogen) atoms. The molecule has 0 aliphatic heterocycles. The maximum atomic E-state index is 12.5. The lowest BCUT2D eigenvalue weighted by Crippen LogP contribution is -2.04. The number of halogens is 1. The van der Waals surface area contributed by atoms with E-state index in [1.165, 1.54) is 7.11 Å². The number of aryl methyl sites for hydroxylation is 1. The molecule has 0 amide bonds. The van der Waals surface area contributed by atoms with E-state index >= 15 is 0 Å². The molecule has 104 valence electrons. The fourth-order valence-electron chi connectivity index (χ4n) is 2.03. The van der Waals surface area contributed by atoms with Crippen LogP contribution in [0.4, 0.5) is 0 Å². The van der Waals surface area contributed by atoms with E-state index in [-0.39, 0.29) is 5.78 Å². The largest absolute Gasteiger partial charge is 0.496 e. The Labute approximate surface area is 123 Å². The van der Waals surface area contributed by atoms with Crippen LogP contribution in [0.15, 0.2) is 36.4 Å². The standard InChI is InChI=1S/C16H15ClO3/c1-10-8-11(4-7-14(10)19-2)16(18)13-6-5-12(17)9-15(13)20-3/h4-9H,1-3H3. The van der Waals surface area contributed by atoms with Crippen molar-refractivity contribution in [1.82, 2.24) is 0 Å². The highest BCUT2D eigenvalue weighted by atomic mass is 35.5. The van der Waals surface area contributed by atoms with Crippen LogP contribution in [0.3, 0.4) is 0 Å². The molecular weight excluding hydrogens is 276 g/mol. The molecule has 2 aromatic carbocycles. The Morgan fingerprint density at radius 2 is 1.70 bits per heavy atom. The zero-order valence-electron chi connectivity index (χ0n) is 11.6. The summed E-state index contributed by atoms with van der Waals surface area (Å²) in [5.41, 5.74) is 1.98. The van der Waals surface area contributed by atoms with Gasteiger partial charge in [-0.2, -0.15) is 0 Å². The monoisotopic (exact) mass is 290 g/mol. The predicted octanol–water partition coefficient (Wildman–Crippen LogP) is 3.90. The average molecular weight is 291 g/mol. The second-order valence-corrected chi connectivity index (χ2v) is 4.79. The van der Waals surface area contributed by atoms with Crippen LogP contribution in [0.1, 0.15) is 21.5 Å². The molecule has 0 fully saturated rings. The van der Waals surface area contributed by atoms with Gasteiger partial charge < -0.3 is 9.47 Å². The molecule has 0 N–H and O–H groups in total. The summed E-state index contributed by atoms with van der Waals surface area (Å²) in [5.74, 6) is 1.12. The topological polar surface area (TPSA) is 35.5 Å². The lowest BCUT2D eigenvalue weighted by Gasteiger charge is -2.10. The zero-order valence-corrected chi connectivity index (χ0v) is 12.3. The van der Waals surface area contributed by atoms with Gasteiger partial charge in [0, 0.05) is 10.6 Å². The van der Waals surface area contributed by atoms with Gasteiger partial charge in [-0.05, 0) is 48.9 Å². The van der Waals surface area contributed by atoms with Gasteiger partial charge in [0.25, 0.3) is 0 Å². The number of carbonyl (C=O) groups excluding carboxylic acids is 1. The summed E-state index contributed by atoms with van der Waals surface area (Å²) in [6.45, 7) is 1.90. The van der Waals surface area contributed by atoms with Crippen molar-refractivity contribution in [1.29, 1.82) is 0 Å². The van der Waals surface area contributed by atoms with Gasteiger partial charge in [0.1, 0.15) is 11.5 Å². The second-order valence-electron chi connectivity index (χ2n) is 4.36. The van der Waals surface area contributed by atoms with Crippen molar-refractivity contribution in [2.45, 2.75) is 6.92 Å². The highest BCUT2D eigenvalue weighted by molar-refractivity contribution is 6.31. The van der Waals surface area contributed by atoms with E-state index in [4.69, 9.17) is 21.1 Å². The summed E-state index contributed by atoms with van der Waals surface area (Å²) in [6, 6.07) is 10.3. The van der Waals surface area contributed by atoms with Gasteiger partial charge in [-0.15, -0.1) is 0 Å². The molecule has 0 aliphatic rings. The third kappa shape index (κ3) is 2.78. The van der Waals surface area contributed by atoms with E-state index in [0.29, 0.717) is 21.9 Å². The fourth-order valence-corrected chi connectivity index (χ4v) is 2.19. The van der Waals surface area contributed by atoms with E-state index in [1.807, 2.05) is 6.92 Å². The Kier molecular flexibility index (Phi) is 4.30. The van der Waals surface area contributed by atoms with Gasteiger partial charge in [0.15, 0.2) is 5.78 Å². The van der Waals surface area contributed by atoms with E-state index in [9.17, 15) is 4.79 Å². The van der Waals surface area contributed by atoms with E-state index < -0.39 is 0 Å². The van der Waals surface area contributed by atoms with Crippen molar-refractivity contribution in [2.75, 3.05) is 14.2 Å². The third-order valence-electron chi connectivity index (χ3n) is 3.07. The molecule has 0 atom stereocenters. The predicted molar refractivity (Wildman–Crippen MR) is 79.2 cm³/mol. The maximum absolute atomic E-state index is 12.5. The SMILES string of the molecule is COc1ccc(C(=O)c2ccc(Cl)cc2OC)cc1C. The number of carbonyl (C=O) groups is 1. The van der Waals surface area contributed by atoms with Crippen LogP contribution < -0.4 is 9.47 Å². The van der Waals surface area contributed by atoms with Crippen LogP contribution >= 0.6 is 11.6 Å². The molecule has 0 radical (unpaired) electrons. The Morgan fingerprint density at radius 3 is 2.30 bits per heavy atom. The Balaban J connectivity index is 2.43. The van der Waals surface area contributed by atoms with E-state index in [1.54, 1.807) is 43.5 Å². The summed E-state index contributed by atoms with van der Waals surface area (Å²) >= 11 is 5.90. The Hall–Kier alpha value is -2.00. The zero-order chi connectivity index (χ0) is 14.7. The first-order chi connectivity index (χ1) is 9.56. The maximum Gasteiger partial charge on any atom is 0.196 e. The van der Waals surface area contributed by atoms with Crippen molar-refractivity contribution in [3.8, 4) is 11.5 Å². The minimum atomic E-state index is -0.107. The Morgan fingerprint density at radius 1 is 1.00 bits per heavy atom. The summed E-state index contributed by atoms with van der Waals surface area (Å²) in [5, 5.41) is 0.532. The normalized spacial score (nSPS) is 10.2. The highest BCUT2D eigenvalue weighted by Gasteiger charge is 2.15. The molecule has 4 heteroatoms. The average Bonchev–Trinajstić information content (AvgIpc) is 2.46. The van der Waals surface area contributed by atoms with Crippen LogP contribution in [0, 0.1) is 6.92 Å². The lowest BCUT2D eigenvalue weighted by atomic mass is 10.0. The van der Waals surface area contributed by atoms with Gasteiger partial charge in [-0.25, -0.2) is 0 Å². The molecule has 0 saturated carbocycles. The van der Waals surface area contributed by atoms with Gasteiger partial charge >= 0.3 is 0 Å². The number of hydrogen-bond acceptors (Lipinski definition) is 3. The highest BCUT2D eigenvalue weighted by Crippen LogP contribution is 2.27. The molecule has 0 spiro atoms. The van der Waals surface area contributed by atoms with Crippen molar-refractivity contribution < 1.29 is 14.3 Å². The van der Waals surface area contributed by atoms with Crippen LogP contribution in [-0.4, -0.2) is 20.0 Å². The number of benzene rings is 2. The fraction of sp³-hybridized carbons (Fsp3) is 0.188. The summed E-state index contributed by atoms with van der Waals surface area (Å²) in [6.07, 6.45) is 0.